The smallest absolute Gasteiger partial charge is 0.374 e. The van der Waals surface area contributed by atoms with Crippen LogP contribution in [-0.4, -0.2) is 166 Å². The molecule has 0 bridgehead atoms. The van der Waals surface area contributed by atoms with Crippen molar-refractivity contribution in [2.45, 2.75) is 73.8 Å². The maximum atomic E-state index is 13.5. The van der Waals surface area contributed by atoms with Gasteiger partial charge in [0.25, 0.3) is 0 Å². The van der Waals surface area contributed by atoms with Gasteiger partial charge in [0.05, 0.1) is 20.8 Å². The third-order valence-corrected chi connectivity index (χ3v) is 8.69. The van der Waals surface area contributed by atoms with E-state index in [1.165, 1.54) is 62.8 Å². The molecule has 3 saturated heterocycles. The molecule has 9 N–H and O–H groups in total. The van der Waals surface area contributed by atoms with Crippen molar-refractivity contribution in [3.05, 3.63) is 59.4 Å². The minimum Gasteiger partial charge on any atom is -0.504 e. The molecule has 0 aliphatic carbocycles. The van der Waals surface area contributed by atoms with Gasteiger partial charge in [-0.3, -0.25) is 0 Å². The Morgan fingerprint density at radius 1 is 0.745 bits per heavy atom. The highest BCUT2D eigenvalue weighted by atomic mass is 16.7. The molecular weight excluding hydrogens is 740 g/mol. The van der Waals surface area contributed by atoms with E-state index in [2.05, 4.69) is 0 Å². The molecule has 3 aliphatic heterocycles. The van der Waals surface area contributed by atoms with Gasteiger partial charge in [-0.2, -0.15) is 0 Å². The molecule has 2 aromatic rings. The van der Waals surface area contributed by atoms with Crippen LogP contribution in [0.4, 0.5) is 0 Å². The van der Waals surface area contributed by atoms with Gasteiger partial charge in [0.2, 0.25) is 5.76 Å². The maximum absolute atomic E-state index is 13.5. The lowest BCUT2D eigenvalue weighted by molar-refractivity contribution is -0.299. The number of hydrogen-bond donors (Lipinski definition) is 9. The molecule has 3 heterocycles. The summed E-state index contributed by atoms with van der Waals surface area (Å²) in [4.78, 5) is 25.8. The van der Waals surface area contributed by atoms with E-state index in [1.807, 2.05) is 0 Å². The van der Waals surface area contributed by atoms with Crippen molar-refractivity contribution in [2.75, 3.05) is 34.0 Å². The van der Waals surface area contributed by atoms with Crippen LogP contribution in [0.2, 0.25) is 0 Å². The first kappa shape index (κ1) is 41.7. The zero-order chi connectivity index (χ0) is 40.0. The van der Waals surface area contributed by atoms with Gasteiger partial charge in [-0.25, -0.2) is 9.59 Å². The number of esters is 2. The van der Waals surface area contributed by atoms with E-state index in [9.17, 15) is 55.5 Å². The number of carbonyl (C=O) groups excluding carboxylic acids is 2. The average molecular weight is 783 g/mol. The van der Waals surface area contributed by atoms with Crippen LogP contribution in [0.3, 0.4) is 0 Å². The van der Waals surface area contributed by atoms with E-state index < -0.39 is 111 Å². The highest BCUT2D eigenvalue weighted by molar-refractivity contribution is 5.92. The van der Waals surface area contributed by atoms with Crippen LogP contribution >= 0.6 is 0 Å². The standard InChI is InChI=1S/C35H42O20/c1-47-20-10-16(3-6-17(20)36)11-22(32(44)50-14-24-28(41)31(34(46)54-24)55-35-30(43)26(39)18(37)12-51-35)52-19-7-4-15(9-21(19)48-2)5-8-25(38)49-13-23-27(40)29(42)33(45)53-23/h3-11,18,23-24,26-31,33-37,39-43,45-46H,12-14H2,1-2H3/b8-5+,22-11-/t18-,23+,24+,26+,27+,28+,29-,30-,31-,33?,34?,35+/m1/s1. The van der Waals surface area contributed by atoms with E-state index in [4.69, 9.17) is 42.6 Å². The topological polar surface area (TPSA) is 299 Å². The number of benzene rings is 2. The molecule has 20 nitrogen and oxygen atoms in total. The molecule has 0 saturated carbocycles. The lowest BCUT2D eigenvalue weighted by Gasteiger charge is -2.36. The molecule has 2 aromatic carbocycles. The molecular formula is C35H42O20. The number of phenolic OH excluding ortho intramolecular Hbond substituents is 1. The van der Waals surface area contributed by atoms with Crippen molar-refractivity contribution >= 4 is 24.1 Å². The Morgan fingerprint density at radius 3 is 2.09 bits per heavy atom. The SMILES string of the molecule is COc1cc(/C=C(\Oc2ccc(/C=C/C(=O)OC[C@@H]3OC(O)[C@H](O)[C@H]3O)cc2OC)C(=O)OC[C@@H]2OC(O)[C@H](O[C@@H]3OC[C@@H](O)[C@H](O)[C@H]3O)[C@H]2O)ccc1O. The second-order valence-corrected chi connectivity index (χ2v) is 12.5. The average Bonchev–Trinajstić information content (AvgIpc) is 3.59. The van der Waals surface area contributed by atoms with Crippen LogP contribution < -0.4 is 14.2 Å². The fourth-order valence-electron chi connectivity index (χ4n) is 5.58. The predicted molar refractivity (Wildman–Crippen MR) is 180 cm³/mol. The number of aromatic hydroxyl groups is 1. The normalized spacial score (nSPS) is 32.4. The van der Waals surface area contributed by atoms with E-state index in [1.54, 1.807) is 0 Å². The number of hydrogen-bond acceptors (Lipinski definition) is 20. The Balaban J connectivity index is 1.27. The van der Waals surface area contributed by atoms with Crippen molar-refractivity contribution in [1.82, 2.24) is 0 Å². The van der Waals surface area contributed by atoms with E-state index in [0.717, 1.165) is 6.08 Å². The molecule has 3 aliphatic rings. The quantitative estimate of drug-likeness (QED) is 0.0534. The van der Waals surface area contributed by atoms with Gasteiger partial charge >= 0.3 is 11.9 Å². The third-order valence-electron chi connectivity index (χ3n) is 8.69. The molecule has 5 rings (SSSR count). The fourth-order valence-corrected chi connectivity index (χ4v) is 5.58. The van der Waals surface area contributed by atoms with Gasteiger partial charge in [-0.05, 0) is 47.5 Å². The second-order valence-electron chi connectivity index (χ2n) is 12.5. The van der Waals surface area contributed by atoms with Crippen LogP contribution in [0.25, 0.3) is 12.2 Å². The number of carbonyl (C=O) groups is 2. The number of ether oxygens (including phenoxy) is 9. The summed E-state index contributed by atoms with van der Waals surface area (Å²) in [5.41, 5.74) is 0.734. The van der Waals surface area contributed by atoms with Crippen molar-refractivity contribution in [1.29, 1.82) is 0 Å². The molecule has 0 aromatic heterocycles. The molecule has 0 radical (unpaired) electrons. The largest absolute Gasteiger partial charge is 0.504 e. The van der Waals surface area contributed by atoms with Crippen molar-refractivity contribution in [2.24, 2.45) is 0 Å². The predicted octanol–water partition coefficient (Wildman–Crippen LogP) is -2.73. The zero-order valence-electron chi connectivity index (χ0n) is 29.3. The molecule has 0 spiro atoms. The van der Waals surface area contributed by atoms with E-state index >= 15 is 0 Å². The minimum atomic E-state index is -1.77. The number of phenols is 1. The van der Waals surface area contributed by atoms with Crippen LogP contribution in [0.1, 0.15) is 11.1 Å². The zero-order valence-corrected chi connectivity index (χ0v) is 29.3. The van der Waals surface area contributed by atoms with Gasteiger partial charge in [-0.1, -0.05) is 12.1 Å². The molecule has 302 valence electrons. The number of rotatable bonds is 14. The van der Waals surface area contributed by atoms with Gasteiger partial charge in [0.1, 0.15) is 68.1 Å². The summed E-state index contributed by atoms with van der Waals surface area (Å²) < 4.78 is 47.8. The summed E-state index contributed by atoms with van der Waals surface area (Å²) in [6, 6.07) is 8.53. The van der Waals surface area contributed by atoms with Crippen molar-refractivity contribution in [3.8, 4) is 23.0 Å². The lowest BCUT2D eigenvalue weighted by atomic mass is 10.1. The summed E-state index contributed by atoms with van der Waals surface area (Å²) in [6.07, 6.45) is -14.6. The van der Waals surface area contributed by atoms with Crippen molar-refractivity contribution in [3.63, 3.8) is 0 Å². The van der Waals surface area contributed by atoms with Gasteiger partial charge < -0.3 is 88.6 Å². The van der Waals surface area contributed by atoms with E-state index in [0.29, 0.717) is 11.1 Å². The Hall–Kier alpha value is -4.42. The molecule has 0 amide bonds. The van der Waals surface area contributed by atoms with Gasteiger partial charge in [0.15, 0.2) is 41.9 Å². The monoisotopic (exact) mass is 782 g/mol. The summed E-state index contributed by atoms with van der Waals surface area (Å²) in [5, 5.41) is 90.0. The summed E-state index contributed by atoms with van der Waals surface area (Å²) in [6.45, 7) is -1.48. The first-order valence-electron chi connectivity index (χ1n) is 16.7. The van der Waals surface area contributed by atoms with Crippen molar-refractivity contribution < 1.29 is 98.2 Å². The first-order valence-corrected chi connectivity index (χ1v) is 16.7. The second kappa shape index (κ2) is 18.5. The highest BCUT2D eigenvalue weighted by Gasteiger charge is 2.49. The third kappa shape index (κ3) is 10.1. The summed E-state index contributed by atoms with van der Waals surface area (Å²) in [5.74, 6) is -2.37. The lowest BCUT2D eigenvalue weighted by Crippen LogP contribution is -2.55. The van der Waals surface area contributed by atoms with Crippen LogP contribution in [0, 0.1) is 0 Å². The Bertz CT molecular complexity index is 1700. The Kier molecular flexibility index (Phi) is 14.0. The van der Waals surface area contributed by atoms with Gasteiger partial charge in [0, 0.05) is 6.08 Å². The first-order chi connectivity index (χ1) is 26.2. The number of methoxy groups -OCH3 is 2. The Labute approximate surface area is 312 Å². The van der Waals surface area contributed by atoms with E-state index in [-0.39, 0.29) is 23.0 Å². The maximum Gasteiger partial charge on any atom is 0.374 e. The molecule has 3 fully saturated rings. The molecule has 12 atom stereocenters. The van der Waals surface area contributed by atoms with Gasteiger partial charge in [-0.15, -0.1) is 0 Å². The Morgan fingerprint density at radius 2 is 1.40 bits per heavy atom. The molecule has 55 heavy (non-hydrogen) atoms. The summed E-state index contributed by atoms with van der Waals surface area (Å²) >= 11 is 0. The fraction of sp³-hybridized carbons (Fsp3) is 0.486. The number of aliphatic hydroxyl groups excluding tert-OH is 8. The highest BCUT2D eigenvalue weighted by Crippen LogP contribution is 2.33. The van der Waals surface area contributed by atoms with Crippen LogP contribution in [-0.2, 0) is 38.0 Å². The summed E-state index contributed by atoms with van der Waals surface area (Å²) in [7, 11) is 2.64. The molecule has 20 heteroatoms. The number of aliphatic hydroxyl groups is 8. The van der Waals surface area contributed by atoms with Crippen LogP contribution in [0.15, 0.2) is 48.2 Å². The van der Waals surface area contributed by atoms with Crippen LogP contribution in [0.5, 0.6) is 23.0 Å². The minimum absolute atomic E-state index is 0.0000351. The molecule has 2 unspecified atom stereocenters.